The molecule has 0 saturated carbocycles. The maximum Gasteiger partial charge on any atom is 0.0603 e. The Morgan fingerprint density at radius 1 is 1.12 bits per heavy atom. The van der Waals surface area contributed by atoms with E-state index >= 15 is 0 Å². The summed E-state index contributed by atoms with van der Waals surface area (Å²) in [6, 6.07) is 11.0. The molecule has 2 heteroatoms. The Kier molecular flexibility index (Phi) is 6.90. The highest BCUT2D eigenvalue weighted by Crippen LogP contribution is 2.34. The van der Waals surface area contributed by atoms with E-state index in [9.17, 15) is 0 Å². The normalized spacial score (nSPS) is 10.8. The van der Waals surface area contributed by atoms with E-state index in [1.807, 2.05) is 0 Å². The van der Waals surface area contributed by atoms with E-state index in [2.05, 4.69) is 76.4 Å². The van der Waals surface area contributed by atoms with Gasteiger partial charge in [0.25, 0.3) is 0 Å². The summed E-state index contributed by atoms with van der Waals surface area (Å²) in [5.41, 5.74) is 16.2. The minimum Gasteiger partial charge on any atom is -0.397 e. The first kappa shape index (κ1) is 20.1. The molecule has 140 valence electrons. The lowest BCUT2D eigenvalue weighted by Crippen LogP contribution is -2.25. The van der Waals surface area contributed by atoms with Crippen LogP contribution in [0.15, 0.2) is 36.9 Å². The second kappa shape index (κ2) is 8.93. The van der Waals surface area contributed by atoms with E-state index in [1.54, 1.807) is 0 Å². The molecule has 0 fully saturated rings. The zero-order chi connectivity index (χ0) is 19.3. The molecule has 0 aliphatic heterocycles. The third-order valence-corrected chi connectivity index (χ3v) is 5.16. The van der Waals surface area contributed by atoms with Gasteiger partial charge in [-0.25, -0.2) is 0 Å². The molecule has 2 nitrogen and oxygen atoms in total. The van der Waals surface area contributed by atoms with Gasteiger partial charge < -0.3 is 10.6 Å². The van der Waals surface area contributed by atoms with Crippen LogP contribution < -0.4 is 10.6 Å². The molecule has 0 aromatic heterocycles. The smallest absolute Gasteiger partial charge is 0.0603 e. The second-order valence-electron chi connectivity index (χ2n) is 7.34. The minimum atomic E-state index is 0.847. The van der Waals surface area contributed by atoms with Gasteiger partial charge in [0.15, 0.2) is 0 Å². The summed E-state index contributed by atoms with van der Waals surface area (Å²) < 4.78 is 0. The third kappa shape index (κ3) is 4.49. The largest absolute Gasteiger partial charge is 0.397 e. The van der Waals surface area contributed by atoms with Crippen molar-refractivity contribution in [2.24, 2.45) is 0 Å². The number of nitrogens with two attached hydrogens (primary N) is 1. The maximum atomic E-state index is 6.72. The van der Waals surface area contributed by atoms with Crippen molar-refractivity contribution in [3.63, 3.8) is 0 Å². The van der Waals surface area contributed by atoms with Crippen molar-refractivity contribution in [2.75, 3.05) is 23.7 Å². The van der Waals surface area contributed by atoms with E-state index in [1.165, 1.54) is 40.7 Å². The van der Waals surface area contributed by atoms with Crippen molar-refractivity contribution >= 4 is 16.9 Å². The highest BCUT2D eigenvalue weighted by Gasteiger charge is 2.16. The SMILES string of the molecule is C=C(C)c1ccc(N(CC)CCCC)c(N)c1Cc1ccc(C)cc1C. The van der Waals surface area contributed by atoms with Gasteiger partial charge >= 0.3 is 0 Å². The molecular weight excluding hydrogens is 316 g/mol. The summed E-state index contributed by atoms with van der Waals surface area (Å²) >= 11 is 0. The molecule has 0 radical (unpaired) electrons. The lowest BCUT2D eigenvalue weighted by molar-refractivity contribution is 0.732. The first-order chi connectivity index (χ1) is 12.4. The molecule has 0 amide bonds. The van der Waals surface area contributed by atoms with Crippen molar-refractivity contribution in [3.8, 4) is 0 Å². The minimum absolute atomic E-state index is 0.847. The molecule has 2 N–H and O–H groups in total. The molecule has 2 aromatic carbocycles. The fourth-order valence-corrected chi connectivity index (χ4v) is 3.55. The molecule has 2 aromatic rings. The average Bonchev–Trinajstić information content (AvgIpc) is 2.60. The van der Waals surface area contributed by atoms with Gasteiger partial charge in [-0.3, -0.25) is 0 Å². The number of nitrogens with zero attached hydrogens (tertiary/aromatic N) is 1. The number of aryl methyl sites for hydroxylation is 2. The van der Waals surface area contributed by atoms with Crippen LogP contribution in [0, 0.1) is 13.8 Å². The van der Waals surface area contributed by atoms with Gasteiger partial charge in [0, 0.05) is 19.5 Å². The number of rotatable bonds is 8. The molecule has 2 rings (SSSR count). The van der Waals surface area contributed by atoms with Crippen LogP contribution in [-0.2, 0) is 6.42 Å². The van der Waals surface area contributed by atoms with Crippen LogP contribution in [0.3, 0.4) is 0 Å². The maximum absolute atomic E-state index is 6.72. The molecule has 0 heterocycles. The van der Waals surface area contributed by atoms with Gasteiger partial charge in [-0.1, -0.05) is 55.3 Å². The van der Waals surface area contributed by atoms with Crippen LogP contribution >= 0.6 is 0 Å². The van der Waals surface area contributed by atoms with Crippen molar-refractivity contribution in [3.05, 3.63) is 64.7 Å². The zero-order valence-electron chi connectivity index (χ0n) is 17.2. The van der Waals surface area contributed by atoms with Crippen molar-refractivity contribution in [2.45, 2.75) is 53.9 Å². The molecule has 0 unspecified atom stereocenters. The van der Waals surface area contributed by atoms with Crippen molar-refractivity contribution in [1.82, 2.24) is 0 Å². The van der Waals surface area contributed by atoms with Crippen LogP contribution in [0.1, 0.15) is 61.4 Å². The highest BCUT2D eigenvalue weighted by atomic mass is 15.1. The summed E-state index contributed by atoms with van der Waals surface area (Å²) in [6.07, 6.45) is 3.22. The summed E-state index contributed by atoms with van der Waals surface area (Å²) in [6.45, 7) is 17.0. The van der Waals surface area contributed by atoms with E-state index < -0.39 is 0 Å². The van der Waals surface area contributed by atoms with Crippen molar-refractivity contribution in [1.29, 1.82) is 0 Å². The quantitative estimate of drug-likeness (QED) is 0.580. The van der Waals surface area contributed by atoms with E-state index in [-0.39, 0.29) is 0 Å². The highest BCUT2D eigenvalue weighted by molar-refractivity contribution is 5.80. The van der Waals surface area contributed by atoms with E-state index in [0.717, 1.165) is 36.5 Å². The van der Waals surface area contributed by atoms with Gasteiger partial charge in [-0.2, -0.15) is 0 Å². The Labute approximate surface area is 159 Å². The Bertz CT molecular complexity index is 774. The fraction of sp³-hybridized carbons (Fsp3) is 0.417. The monoisotopic (exact) mass is 350 g/mol. The molecule has 0 spiro atoms. The number of unbranched alkanes of at least 4 members (excludes halogenated alkanes) is 1. The Hall–Kier alpha value is -2.22. The first-order valence-corrected chi connectivity index (χ1v) is 9.77. The zero-order valence-corrected chi connectivity index (χ0v) is 17.2. The first-order valence-electron chi connectivity index (χ1n) is 9.77. The van der Waals surface area contributed by atoms with Gasteiger partial charge in [0.2, 0.25) is 0 Å². The van der Waals surface area contributed by atoms with E-state index in [0.29, 0.717) is 0 Å². The average molecular weight is 351 g/mol. The summed E-state index contributed by atoms with van der Waals surface area (Å²) in [7, 11) is 0. The topological polar surface area (TPSA) is 29.3 Å². The lowest BCUT2D eigenvalue weighted by atomic mass is 9.91. The number of benzene rings is 2. The molecule has 0 aliphatic rings. The summed E-state index contributed by atoms with van der Waals surface area (Å²) in [5, 5.41) is 0. The molecule has 26 heavy (non-hydrogen) atoms. The molecule has 0 saturated heterocycles. The van der Waals surface area contributed by atoms with Crippen LogP contribution in [-0.4, -0.2) is 13.1 Å². The third-order valence-electron chi connectivity index (χ3n) is 5.16. The van der Waals surface area contributed by atoms with Crippen LogP contribution in [0.4, 0.5) is 11.4 Å². The molecule has 0 bridgehead atoms. The van der Waals surface area contributed by atoms with Crippen LogP contribution in [0.5, 0.6) is 0 Å². The molecular formula is C24H34N2. The number of nitrogen functional groups attached to an aromatic ring is 1. The second-order valence-corrected chi connectivity index (χ2v) is 7.34. The van der Waals surface area contributed by atoms with Gasteiger partial charge in [-0.15, -0.1) is 0 Å². The van der Waals surface area contributed by atoms with Gasteiger partial charge in [0.05, 0.1) is 11.4 Å². The van der Waals surface area contributed by atoms with Crippen molar-refractivity contribution < 1.29 is 0 Å². The van der Waals surface area contributed by atoms with Gasteiger partial charge in [0.1, 0.15) is 0 Å². The number of anilines is 2. The predicted octanol–water partition coefficient (Wildman–Crippen LogP) is 6.14. The molecule has 0 atom stereocenters. The fourth-order valence-electron chi connectivity index (χ4n) is 3.55. The standard InChI is InChI=1S/C24H34N2/c1-7-9-14-26(8-2)23-13-12-21(17(3)4)22(24(23)25)16-20-11-10-18(5)15-19(20)6/h10-13,15H,3,7-9,14,16,25H2,1-2,4-6H3. The Morgan fingerprint density at radius 2 is 1.85 bits per heavy atom. The summed E-state index contributed by atoms with van der Waals surface area (Å²) in [4.78, 5) is 2.40. The predicted molar refractivity (Wildman–Crippen MR) is 117 cm³/mol. The van der Waals surface area contributed by atoms with E-state index in [4.69, 9.17) is 5.73 Å². The number of hydrogen-bond donors (Lipinski definition) is 1. The Morgan fingerprint density at radius 3 is 2.42 bits per heavy atom. The van der Waals surface area contributed by atoms with Gasteiger partial charge in [-0.05, 0) is 62.4 Å². The van der Waals surface area contributed by atoms with Crippen LogP contribution in [0.2, 0.25) is 0 Å². The lowest BCUT2D eigenvalue weighted by Gasteiger charge is -2.27. The number of allylic oxidation sites excluding steroid dienone is 1. The molecule has 0 aliphatic carbocycles. The number of hydrogen-bond acceptors (Lipinski definition) is 2. The Balaban J connectivity index is 2.50. The van der Waals surface area contributed by atoms with Crippen LogP contribution in [0.25, 0.3) is 5.57 Å². The summed E-state index contributed by atoms with van der Waals surface area (Å²) in [5.74, 6) is 0.